The Morgan fingerprint density at radius 2 is 2.29 bits per heavy atom. The van der Waals surface area contributed by atoms with E-state index in [-0.39, 0.29) is 12.5 Å². The van der Waals surface area contributed by atoms with Crippen LogP contribution in [-0.2, 0) is 4.79 Å². The van der Waals surface area contributed by atoms with E-state index < -0.39 is 5.97 Å². The van der Waals surface area contributed by atoms with Crippen molar-refractivity contribution in [2.45, 2.75) is 52.0 Å². The van der Waals surface area contributed by atoms with Crippen LogP contribution >= 0.6 is 0 Å². The van der Waals surface area contributed by atoms with Crippen LogP contribution in [0.3, 0.4) is 0 Å². The molecule has 0 aromatic carbocycles. The molecule has 2 rings (SSSR count). The van der Waals surface area contributed by atoms with Gasteiger partial charge < -0.3 is 14.7 Å². The molecule has 1 unspecified atom stereocenters. The first kappa shape index (κ1) is 15.5. The fourth-order valence-electron chi connectivity index (χ4n) is 2.73. The minimum atomic E-state index is -0.749. The maximum atomic E-state index is 10.8. The summed E-state index contributed by atoms with van der Waals surface area (Å²) in [6, 6.07) is 2.02. The van der Waals surface area contributed by atoms with Crippen molar-refractivity contribution in [2.24, 2.45) is 0 Å². The van der Waals surface area contributed by atoms with Gasteiger partial charge in [-0.05, 0) is 39.5 Å². The van der Waals surface area contributed by atoms with Gasteiger partial charge in [-0.3, -0.25) is 4.79 Å². The fourth-order valence-corrected chi connectivity index (χ4v) is 2.73. The quantitative estimate of drug-likeness (QED) is 0.868. The van der Waals surface area contributed by atoms with E-state index >= 15 is 0 Å². The lowest BCUT2D eigenvalue weighted by Gasteiger charge is -2.35. The molecule has 1 N–H and O–H groups in total. The summed E-state index contributed by atoms with van der Waals surface area (Å²) >= 11 is 0. The van der Waals surface area contributed by atoms with E-state index in [9.17, 15) is 4.79 Å². The van der Waals surface area contributed by atoms with Gasteiger partial charge in [0.15, 0.2) is 0 Å². The van der Waals surface area contributed by atoms with Crippen LogP contribution in [0.1, 0.15) is 44.7 Å². The van der Waals surface area contributed by atoms with Gasteiger partial charge in [0.05, 0.1) is 6.61 Å². The maximum absolute atomic E-state index is 10.8. The first-order valence-electron chi connectivity index (χ1n) is 7.57. The molecule has 0 aliphatic carbocycles. The smallest absolute Gasteiger partial charge is 0.303 e. The highest BCUT2D eigenvalue weighted by Crippen LogP contribution is 2.26. The second-order valence-electron chi connectivity index (χ2n) is 5.36. The number of rotatable bonds is 6. The molecule has 0 bridgehead atoms. The molecule has 0 amide bonds. The highest BCUT2D eigenvalue weighted by molar-refractivity contribution is 5.66. The number of carboxylic acid groups (broad SMARTS) is 1. The fraction of sp³-hybridized carbons (Fsp3) is 0.667. The molecule has 1 atom stereocenters. The van der Waals surface area contributed by atoms with Crippen LogP contribution in [0, 0.1) is 6.92 Å². The molecule has 1 aliphatic heterocycles. The highest BCUT2D eigenvalue weighted by atomic mass is 16.5. The number of carbonyl (C=O) groups is 1. The molecule has 116 valence electrons. The molecule has 1 aromatic rings. The Morgan fingerprint density at radius 3 is 3.00 bits per heavy atom. The molecular weight excluding hydrogens is 270 g/mol. The third-order valence-electron chi connectivity index (χ3n) is 3.69. The number of anilines is 1. The van der Waals surface area contributed by atoms with E-state index in [1.807, 2.05) is 19.9 Å². The highest BCUT2D eigenvalue weighted by Gasteiger charge is 2.25. The largest absolute Gasteiger partial charge is 0.481 e. The van der Waals surface area contributed by atoms with Crippen LogP contribution in [0.15, 0.2) is 6.07 Å². The van der Waals surface area contributed by atoms with E-state index in [2.05, 4.69) is 14.9 Å². The summed E-state index contributed by atoms with van der Waals surface area (Å²) in [5.74, 6) is 0.497. The summed E-state index contributed by atoms with van der Waals surface area (Å²) in [7, 11) is 0. The van der Waals surface area contributed by atoms with Crippen molar-refractivity contribution in [1.29, 1.82) is 0 Å². The zero-order chi connectivity index (χ0) is 15.2. The monoisotopic (exact) mass is 293 g/mol. The van der Waals surface area contributed by atoms with Crippen LogP contribution in [0.5, 0.6) is 5.88 Å². The average Bonchev–Trinajstić information content (AvgIpc) is 2.45. The van der Waals surface area contributed by atoms with Gasteiger partial charge in [-0.25, -0.2) is 4.98 Å². The van der Waals surface area contributed by atoms with Gasteiger partial charge in [0.25, 0.3) is 0 Å². The summed E-state index contributed by atoms with van der Waals surface area (Å²) in [6.45, 7) is 5.29. The van der Waals surface area contributed by atoms with Crippen molar-refractivity contribution in [3.63, 3.8) is 0 Å². The molecule has 0 saturated carbocycles. The third kappa shape index (κ3) is 4.31. The van der Waals surface area contributed by atoms with Crippen molar-refractivity contribution in [3.8, 4) is 5.88 Å². The Hall–Kier alpha value is -1.85. The standard InChI is InChI=1S/C15H23N3O3/c1-3-21-13-10-11(2)16-15(17-13)18-9-5-4-6-12(18)7-8-14(19)20/h10,12H,3-9H2,1-2H3,(H,19,20). The molecule has 0 radical (unpaired) electrons. The first-order valence-corrected chi connectivity index (χ1v) is 7.57. The van der Waals surface area contributed by atoms with Crippen molar-refractivity contribution < 1.29 is 14.6 Å². The van der Waals surface area contributed by atoms with Crippen LogP contribution in [0.2, 0.25) is 0 Å². The van der Waals surface area contributed by atoms with Crippen molar-refractivity contribution in [2.75, 3.05) is 18.1 Å². The topological polar surface area (TPSA) is 75.5 Å². The molecule has 1 aliphatic rings. The van der Waals surface area contributed by atoms with Gasteiger partial charge in [-0.1, -0.05) is 0 Å². The minimum absolute atomic E-state index is 0.186. The van der Waals surface area contributed by atoms with Gasteiger partial charge in [0.1, 0.15) is 0 Å². The lowest BCUT2D eigenvalue weighted by atomic mass is 9.98. The Bertz CT molecular complexity index is 493. The Balaban J connectivity index is 2.17. The zero-order valence-corrected chi connectivity index (χ0v) is 12.7. The number of aromatic nitrogens is 2. The molecule has 1 fully saturated rings. The second kappa shape index (κ2) is 7.24. The Kier molecular flexibility index (Phi) is 5.36. The van der Waals surface area contributed by atoms with Gasteiger partial charge in [0.2, 0.25) is 11.8 Å². The number of hydrogen-bond donors (Lipinski definition) is 1. The van der Waals surface area contributed by atoms with E-state index in [1.54, 1.807) is 0 Å². The normalized spacial score (nSPS) is 18.6. The van der Waals surface area contributed by atoms with Gasteiger partial charge >= 0.3 is 5.97 Å². The van der Waals surface area contributed by atoms with Crippen LogP contribution < -0.4 is 9.64 Å². The molecule has 0 spiro atoms. The Morgan fingerprint density at radius 1 is 1.48 bits per heavy atom. The van der Waals surface area contributed by atoms with Crippen molar-refractivity contribution in [3.05, 3.63) is 11.8 Å². The van der Waals surface area contributed by atoms with Gasteiger partial charge in [0, 0.05) is 30.8 Å². The number of aliphatic carboxylic acids is 1. The number of piperidine rings is 1. The summed E-state index contributed by atoms with van der Waals surface area (Å²) in [6.07, 6.45) is 4.03. The average molecular weight is 293 g/mol. The van der Waals surface area contributed by atoms with Crippen molar-refractivity contribution in [1.82, 2.24) is 9.97 Å². The number of hydrogen-bond acceptors (Lipinski definition) is 5. The SMILES string of the molecule is CCOc1cc(C)nc(N2CCCCC2CCC(=O)O)n1. The number of nitrogens with zero attached hydrogens (tertiary/aromatic N) is 3. The van der Waals surface area contributed by atoms with Crippen LogP contribution in [0.4, 0.5) is 5.95 Å². The number of carboxylic acids is 1. The summed E-state index contributed by atoms with van der Waals surface area (Å²) in [4.78, 5) is 21.9. The molecule has 6 heteroatoms. The molecule has 21 heavy (non-hydrogen) atoms. The minimum Gasteiger partial charge on any atom is -0.481 e. The van der Waals surface area contributed by atoms with E-state index in [0.29, 0.717) is 24.9 Å². The second-order valence-corrected chi connectivity index (χ2v) is 5.36. The lowest BCUT2D eigenvalue weighted by molar-refractivity contribution is -0.137. The zero-order valence-electron chi connectivity index (χ0n) is 12.7. The predicted molar refractivity (Wildman–Crippen MR) is 79.8 cm³/mol. The third-order valence-corrected chi connectivity index (χ3v) is 3.69. The first-order chi connectivity index (χ1) is 10.1. The Labute approximate surface area is 125 Å². The maximum Gasteiger partial charge on any atom is 0.303 e. The van der Waals surface area contributed by atoms with Crippen molar-refractivity contribution >= 4 is 11.9 Å². The summed E-state index contributed by atoms with van der Waals surface area (Å²) < 4.78 is 5.48. The molecule has 1 saturated heterocycles. The van der Waals surface area contributed by atoms with E-state index in [4.69, 9.17) is 9.84 Å². The molecule has 1 aromatic heterocycles. The van der Waals surface area contributed by atoms with Crippen LogP contribution in [0.25, 0.3) is 0 Å². The molecule has 2 heterocycles. The molecule has 6 nitrogen and oxygen atoms in total. The molecular formula is C15H23N3O3. The van der Waals surface area contributed by atoms with Gasteiger partial charge in [-0.15, -0.1) is 0 Å². The van der Waals surface area contributed by atoms with Crippen LogP contribution in [-0.4, -0.2) is 40.2 Å². The van der Waals surface area contributed by atoms with Gasteiger partial charge in [-0.2, -0.15) is 4.98 Å². The lowest BCUT2D eigenvalue weighted by Crippen LogP contribution is -2.41. The summed E-state index contributed by atoms with van der Waals surface area (Å²) in [5.41, 5.74) is 0.867. The van der Waals surface area contributed by atoms with E-state index in [1.165, 1.54) is 0 Å². The number of aryl methyl sites for hydroxylation is 1. The van der Waals surface area contributed by atoms with E-state index in [0.717, 1.165) is 31.5 Å². The predicted octanol–water partition coefficient (Wildman–Crippen LogP) is 2.41. The summed E-state index contributed by atoms with van der Waals surface area (Å²) in [5, 5.41) is 8.89. The number of ether oxygens (including phenoxy) is 1.